The van der Waals surface area contributed by atoms with Gasteiger partial charge in [0.05, 0.1) is 0 Å². The highest BCUT2D eigenvalue weighted by molar-refractivity contribution is 5.79. The molecule has 2 fully saturated rings. The standard InChI is InChI=1S/C11H19NO/c1-11(7-8-11)12-10(13)9-5-3-2-4-6-9/h9H,2-8H2,1H3,(H,12,13). The van der Waals surface area contributed by atoms with Gasteiger partial charge in [0.1, 0.15) is 0 Å². The van der Waals surface area contributed by atoms with Crippen LogP contribution in [0.1, 0.15) is 51.9 Å². The van der Waals surface area contributed by atoms with Crippen molar-refractivity contribution < 1.29 is 4.79 Å². The maximum Gasteiger partial charge on any atom is 0.223 e. The van der Waals surface area contributed by atoms with Gasteiger partial charge < -0.3 is 5.32 Å². The lowest BCUT2D eigenvalue weighted by Gasteiger charge is -2.22. The first-order valence-corrected chi connectivity index (χ1v) is 5.52. The Labute approximate surface area is 80.1 Å². The molecule has 2 nitrogen and oxygen atoms in total. The maximum absolute atomic E-state index is 11.7. The quantitative estimate of drug-likeness (QED) is 0.695. The molecular weight excluding hydrogens is 162 g/mol. The molecule has 2 heteroatoms. The van der Waals surface area contributed by atoms with Gasteiger partial charge in [0.25, 0.3) is 0 Å². The second-order valence-electron chi connectivity index (χ2n) is 4.88. The van der Waals surface area contributed by atoms with Crippen molar-refractivity contribution >= 4 is 5.91 Å². The number of rotatable bonds is 2. The topological polar surface area (TPSA) is 29.1 Å². The largest absolute Gasteiger partial charge is 0.351 e. The lowest BCUT2D eigenvalue weighted by molar-refractivity contribution is -0.126. The summed E-state index contributed by atoms with van der Waals surface area (Å²) < 4.78 is 0. The van der Waals surface area contributed by atoms with Crippen molar-refractivity contribution in [1.82, 2.24) is 5.32 Å². The Hall–Kier alpha value is -0.530. The van der Waals surface area contributed by atoms with Gasteiger partial charge >= 0.3 is 0 Å². The van der Waals surface area contributed by atoms with Gasteiger partial charge in [-0.25, -0.2) is 0 Å². The summed E-state index contributed by atoms with van der Waals surface area (Å²) in [5, 5.41) is 3.16. The number of amides is 1. The van der Waals surface area contributed by atoms with Gasteiger partial charge in [-0.15, -0.1) is 0 Å². The Bertz CT molecular complexity index is 202. The van der Waals surface area contributed by atoms with Crippen molar-refractivity contribution in [3.05, 3.63) is 0 Å². The average molecular weight is 181 g/mol. The number of carbonyl (C=O) groups is 1. The molecule has 0 saturated heterocycles. The summed E-state index contributed by atoms with van der Waals surface area (Å²) in [7, 11) is 0. The molecule has 0 bridgehead atoms. The molecule has 0 spiro atoms. The molecule has 13 heavy (non-hydrogen) atoms. The zero-order valence-corrected chi connectivity index (χ0v) is 8.44. The Morgan fingerprint density at radius 3 is 2.38 bits per heavy atom. The van der Waals surface area contributed by atoms with Gasteiger partial charge in [-0.1, -0.05) is 19.3 Å². The molecule has 2 aliphatic rings. The van der Waals surface area contributed by atoms with Gasteiger partial charge in [-0.05, 0) is 32.6 Å². The average Bonchev–Trinajstić information content (AvgIpc) is 2.85. The van der Waals surface area contributed by atoms with Gasteiger partial charge in [0, 0.05) is 11.5 Å². The lowest BCUT2D eigenvalue weighted by atomic mass is 9.88. The van der Waals surface area contributed by atoms with Crippen molar-refractivity contribution in [1.29, 1.82) is 0 Å². The molecule has 0 heterocycles. The van der Waals surface area contributed by atoms with Gasteiger partial charge in [-0.3, -0.25) is 4.79 Å². The van der Waals surface area contributed by atoms with Crippen LogP contribution in [0.3, 0.4) is 0 Å². The highest BCUT2D eigenvalue weighted by Crippen LogP contribution is 2.35. The van der Waals surface area contributed by atoms with E-state index in [1.54, 1.807) is 0 Å². The molecule has 1 N–H and O–H groups in total. The minimum atomic E-state index is 0.175. The molecule has 2 rings (SSSR count). The molecule has 0 atom stereocenters. The molecule has 0 aliphatic heterocycles. The van der Waals surface area contributed by atoms with E-state index >= 15 is 0 Å². The Kier molecular flexibility index (Phi) is 2.31. The summed E-state index contributed by atoms with van der Waals surface area (Å²) in [6.45, 7) is 2.15. The molecule has 74 valence electrons. The van der Waals surface area contributed by atoms with Crippen LogP contribution in [-0.4, -0.2) is 11.4 Å². The van der Waals surface area contributed by atoms with Crippen LogP contribution in [0.4, 0.5) is 0 Å². The van der Waals surface area contributed by atoms with Gasteiger partial charge in [-0.2, -0.15) is 0 Å². The first-order valence-electron chi connectivity index (χ1n) is 5.52. The van der Waals surface area contributed by atoms with E-state index < -0.39 is 0 Å². The van der Waals surface area contributed by atoms with E-state index in [2.05, 4.69) is 12.2 Å². The van der Waals surface area contributed by atoms with Crippen molar-refractivity contribution in [2.24, 2.45) is 5.92 Å². The zero-order valence-electron chi connectivity index (χ0n) is 8.44. The van der Waals surface area contributed by atoms with E-state index in [-0.39, 0.29) is 5.54 Å². The van der Waals surface area contributed by atoms with Crippen molar-refractivity contribution in [2.75, 3.05) is 0 Å². The highest BCUT2D eigenvalue weighted by Gasteiger charge is 2.39. The minimum Gasteiger partial charge on any atom is -0.351 e. The van der Waals surface area contributed by atoms with Gasteiger partial charge in [0.2, 0.25) is 5.91 Å². The monoisotopic (exact) mass is 181 g/mol. The van der Waals surface area contributed by atoms with E-state index in [0.29, 0.717) is 11.8 Å². The molecule has 2 saturated carbocycles. The smallest absolute Gasteiger partial charge is 0.223 e. The summed E-state index contributed by atoms with van der Waals surface area (Å²) >= 11 is 0. The van der Waals surface area contributed by atoms with E-state index in [4.69, 9.17) is 0 Å². The van der Waals surface area contributed by atoms with E-state index in [1.807, 2.05) is 0 Å². The molecule has 0 aromatic carbocycles. The van der Waals surface area contributed by atoms with Crippen molar-refractivity contribution in [3.8, 4) is 0 Å². The lowest BCUT2D eigenvalue weighted by Crippen LogP contribution is -2.39. The Morgan fingerprint density at radius 2 is 1.85 bits per heavy atom. The van der Waals surface area contributed by atoms with Crippen LogP contribution in [-0.2, 0) is 4.79 Å². The molecule has 0 unspecified atom stereocenters. The van der Waals surface area contributed by atoms with Crippen molar-refractivity contribution in [2.45, 2.75) is 57.4 Å². The Morgan fingerprint density at radius 1 is 1.23 bits per heavy atom. The maximum atomic E-state index is 11.7. The Balaban J connectivity index is 1.81. The summed E-state index contributed by atoms with van der Waals surface area (Å²) in [4.78, 5) is 11.7. The summed E-state index contributed by atoms with van der Waals surface area (Å²) in [6, 6.07) is 0. The fourth-order valence-corrected chi connectivity index (χ4v) is 2.08. The number of carbonyl (C=O) groups excluding carboxylic acids is 1. The first-order chi connectivity index (χ1) is 6.20. The van der Waals surface area contributed by atoms with Crippen LogP contribution in [0.15, 0.2) is 0 Å². The molecule has 1 amide bonds. The summed E-state index contributed by atoms with van der Waals surface area (Å²) in [5.41, 5.74) is 0.175. The van der Waals surface area contributed by atoms with Crippen LogP contribution in [0.2, 0.25) is 0 Å². The highest BCUT2D eigenvalue weighted by atomic mass is 16.2. The molecule has 0 aromatic heterocycles. The predicted octanol–water partition coefficient (Wildman–Crippen LogP) is 2.24. The third-order valence-electron chi connectivity index (χ3n) is 3.40. The third kappa shape index (κ3) is 2.23. The summed E-state index contributed by atoms with van der Waals surface area (Å²) in [5.74, 6) is 0.644. The fraction of sp³-hybridized carbons (Fsp3) is 0.909. The number of hydrogen-bond donors (Lipinski definition) is 1. The molecule has 2 aliphatic carbocycles. The summed E-state index contributed by atoms with van der Waals surface area (Å²) in [6.07, 6.45) is 8.38. The first kappa shape index (κ1) is 9.04. The fourth-order valence-electron chi connectivity index (χ4n) is 2.08. The third-order valence-corrected chi connectivity index (χ3v) is 3.40. The van der Waals surface area contributed by atoms with Crippen LogP contribution in [0.5, 0.6) is 0 Å². The van der Waals surface area contributed by atoms with Crippen LogP contribution < -0.4 is 5.32 Å². The normalized spacial score (nSPS) is 26.8. The second kappa shape index (κ2) is 3.32. The number of nitrogens with one attached hydrogen (secondary N) is 1. The van der Waals surface area contributed by atoms with E-state index in [1.165, 1.54) is 32.1 Å². The second-order valence-corrected chi connectivity index (χ2v) is 4.88. The van der Waals surface area contributed by atoms with Crippen LogP contribution >= 0.6 is 0 Å². The van der Waals surface area contributed by atoms with Gasteiger partial charge in [0.15, 0.2) is 0 Å². The van der Waals surface area contributed by atoms with Crippen LogP contribution in [0.25, 0.3) is 0 Å². The van der Waals surface area contributed by atoms with Crippen molar-refractivity contribution in [3.63, 3.8) is 0 Å². The van der Waals surface area contributed by atoms with E-state index in [0.717, 1.165) is 12.8 Å². The molecular formula is C11H19NO. The molecule has 0 radical (unpaired) electrons. The SMILES string of the molecule is CC1(NC(=O)C2CCCCC2)CC1. The number of hydrogen-bond acceptors (Lipinski definition) is 1. The molecule has 0 aromatic rings. The van der Waals surface area contributed by atoms with E-state index in [9.17, 15) is 4.79 Å². The minimum absolute atomic E-state index is 0.175. The predicted molar refractivity (Wildman–Crippen MR) is 52.4 cm³/mol. The van der Waals surface area contributed by atoms with Crippen LogP contribution in [0, 0.1) is 5.92 Å². The zero-order chi connectivity index (χ0) is 9.31.